The third kappa shape index (κ3) is 1.96. The summed E-state index contributed by atoms with van der Waals surface area (Å²) < 4.78 is 1.82. The Morgan fingerprint density at radius 1 is 1.64 bits per heavy atom. The van der Waals surface area contributed by atoms with Crippen LogP contribution in [0.2, 0.25) is 0 Å². The lowest BCUT2D eigenvalue weighted by atomic mass is 10.2. The van der Waals surface area contributed by atoms with Gasteiger partial charge in [0, 0.05) is 31.4 Å². The Hall–Kier alpha value is -0.870. The van der Waals surface area contributed by atoms with Crippen molar-refractivity contribution < 1.29 is 5.11 Å². The van der Waals surface area contributed by atoms with Crippen LogP contribution in [0.25, 0.3) is 0 Å². The molecule has 1 saturated heterocycles. The number of rotatable bonds is 3. The minimum Gasteiger partial charge on any atom is -0.395 e. The average molecular weight is 195 g/mol. The number of nitrogens with zero attached hydrogens (tertiary/aromatic N) is 3. The van der Waals surface area contributed by atoms with E-state index in [0.717, 1.165) is 19.5 Å². The summed E-state index contributed by atoms with van der Waals surface area (Å²) >= 11 is 0. The number of likely N-dealkylation sites (tertiary alicyclic amines) is 1. The van der Waals surface area contributed by atoms with Crippen LogP contribution in [0, 0.1) is 0 Å². The Labute approximate surface area is 84.1 Å². The molecule has 0 spiro atoms. The van der Waals surface area contributed by atoms with Gasteiger partial charge in [-0.3, -0.25) is 9.58 Å². The summed E-state index contributed by atoms with van der Waals surface area (Å²) in [6.45, 7) is 2.29. The quantitative estimate of drug-likeness (QED) is 0.758. The molecule has 1 atom stereocenters. The average Bonchev–Trinajstić information content (AvgIpc) is 2.76. The predicted octanol–water partition coefficient (Wildman–Crippen LogP) is 0.377. The van der Waals surface area contributed by atoms with Gasteiger partial charge in [0.15, 0.2) is 0 Å². The molecule has 2 heterocycles. The van der Waals surface area contributed by atoms with Gasteiger partial charge in [-0.1, -0.05) is 0 Å². The first-order valence-corrected chi connectivity index (χ1v) is 5.12. The lowest BCUT2D eigenvalue weighted by Crippen LogP contribution is -2.31. The van der Waals surface area contributed by atoms with Crippen molar-refractivity contribution in [3.05, 3.63) is 18.0 Å². The van der Waals surface area contributed by atoms with Crippen molar-refractivity contribution in [3.8, 4) is 0 Å². The van der Waals surface area contributed by atoms with Crippen LogP contribution in [0.5, 0.6) is 0 Å². The van der Waals surface area contributed by atoms with E-state index in [1.807, 2.05) is 24.1 Å². The van der Waals surface area contributed by atoms with Crippen LogP contribution in [0.3, 0.4) is 0 Å². The fourth-order valence-electron chi connectivity index (χ4n) is 2.10. The Morgan fingerprint density at radius 2 is 2.50 bits per heavy atom. The minimum atomic E-state index is 0.278. The standard InChI is InChI=1S/C10H17N3O/c1-12-6-9(5-11-12)7-13-4-2-3-10(13)8-14/h5-6,10,14H,2-4,7-8H2,1H3. The van der Waals surface area contributed by atoms with Gasteiger partial charge in [0.05, 0.1) is 12.8 Å². The van der Waals surface area contributed by atoms with E-state index in [4.69, 9.17) is 5.11 Å². The van der Waals surface area contributed by atoms with Gasteiger partial charge >= 0.3 is 0 Å². The normalized spacial score (nSPS) is 23.1. The molecule has 4 heteroatoms. The summed E-state index contributed by atoms with van der Waals surface area (Å²) in [7, 11) is 1.93. The highest BCUT2D eigenvalue weighted by Gasteiger charge is 2.23. The molecule has 1 aromatic rings. The molecular weight excluding hydrogens is 178 g/mol. The molecule has 0 bridgehead atoms. The Morgan fingerprint density at radius 3 is 3.14 bits per heavy atom. The molecular formula is C10H17N3O. The number of aliphatic hydroxyl groups is 1. The number of hydrogen-bond acceptors (Lipinski definition) is 3. The first kappa shape index (κ1) is 9.68. The maximum Gasteiger partial charge on any atom is 0.0587 e. The molecule has 0 amide bonds. The number of aliphatic hydroxyl groups excluding tert-OH is 1. The van der Waals surface area contributed by atoms with Gasteiger partial charge in [-0.15, -0.1) is 0 Å². The molecule has 1 aromatic heterocycles. The summed E-state index contributed by atoms with van der Waals surface area (Å²) in [5.41, 5.74) is 1.23. The summed E-state index contributed by atoms with van der Waals surface area (Å²) in [5, 5.41) is 13.3. The van der Waals surface area contributed by atoms with E-state index in [1.165, 1.54) is 12.0 Å². The van der Waals surface area contributed by atoms with E-state index < -0.39 is 0 Å². The van der Waals surface area contributed by atoms with Gasteiger partial charge in [-0.2, -0.15) is 5.10 Å². The third-order valence-corrected chi connectivity index (χ3v) is 2.85. The number of aryl methyl sites for hydroxylation is 1. The molecule has 1 aliphatic rings. The van der Waals surface area contributed by atoms with Gasteiger partial charge in [0.2, 0.25) is 0 Å². The van der Waals surface area contributed by atoms with E-state index in [-0.39, 0.29) is 6.61 Å². The van der Waals surface area contributed by atoms with Crippen molar-refractivity contribution in [2.45, 2.75) is 25.4 Å². The zero-order valence-corrected chi connectivity index (χ0v) is 8.56. The van der Waals surface area contributed by atoms with E-state index in [0.29, 0.717) is 6.04 Å². The first-order chi connectivity index (χ1) is 6.79. The van der Waals surface area contributed by atoms with Gasteiger partial charge in [-0.25, -0.2) is 0 Å². The second kappa shape index (κ2) is 4.11. The smallest absolute Gasteiger partial charge is 0.0587 e. The molecule has 4 nitrogen and oxygen atoms in total. The van der Waals surface area contributed by atoms with E-state index in [2.05, 4.69) is 10.00 Å². The lowest BCUT2D eigenvalue weighted by Gasteiger charge is -2.21. The number of aromatic nitrogens is 2. The first-order valence-electron chi connectivity index (χ1n) is 5.12. The van der Waals surface area contributed by atoms with E-state index >= 15 is 0 Å². The van der Waals surface area contributed by atoms with Crippen molar-refractivity contribution in [1.29, 1.82) is 0 Å². The molecule has 78 valence electrons. The molecule has 1 unspecified atom stereocenters. The third-order valence-electron chi connectivity index (χ3n) is 2.85. The van der Waals surface area contributed by atoms with E-state index in [9.17, 15) is 0 Å². The summed E-state index contributed by atoms with van der Waals surface area (Å²) in [4.78, 5) is 2.33. The topological polar surface area (TPSA) is 41.3 Å². The molecule has 1 N–H and O–H groups in total. The molecule has 0 aromatic carbocycles. The molecule has 1 aliphatic heterocycles. The largest absolute Gasteiger partial charge is 0.395 e. The van der Waals surface area contributed by atoms with Crippen molar-refractivity contribution >= 4 is 0 Å². The molecule has 0 saturated carbocycles. The molecule has 0 aliphatic carbocycles. The van der Waals surface area contributed by atoms with E-state index in [1.54, 1.807) is 0 Å². The van der Waals surface area contributed by atoms with Crippen LogP contribution in [-0.2, 0) is 13.6 Å². The Bertz CT molecular complexity index is 297. The van der Waals surface area contributed by atoms with Gasteiger partial charge in [0.25, 0.3) is 0 Å². The highest BCUT2D eigenvalue weighted by atomic mass is 16.3. The van der Waals surface area contributed by atoms with Crippen molar-refractivity contribution in [2.75, 3.05) is 13.2 Å². The highest BCUT2D eigenvalue weighted by Crippen LogP contribution is 2.19. The van der Waals surface area contributed by atoms with Crippen molar-refractivity contribution in [2.24, 2.45) is 7.05 Å². The molecule has 0 radical (unpaired) electrons. The maximum absolute atomic E-state index is 9.16. The number of hydrogen-bond donors (Lipinski definition) is 1. The van der Waals surface area contributed by atoms with Crippen molar-refractivity contribution in [1.82, 2.24) is 14.7 Å². The fourth-order valence-corrected chi connectivity index (χ4v) is 2.10. The fraction of sp³-hybridized carbons (Fsp3) is 0.700. The van der Waals surface area contributed by atoms with Crippen LogP contribution < -0.4 is 0 Å². The molecule has 1 fully saturated rings. The molecule has 2 rings (SSSR count). The van der Waals surface area contributed by atoms with Gasteiger partial charge in [-0.05, 0) is 19.4 Å². The minimum absolute atomic E-state index is 0.278. The van der Waals surface area contributed by atoms with Crippen molar-refractivity contribution in [3.63, 3.8) is 0 Å². The summed E-state index contributed by atoms with van der Waals surface area (Å²) in [6.07, 6.45) is 6.25. The van der Waals surface area contributed by atoms with Crippen LogP contribution in [0.1, 0.15) is 18.4 Å². The summed E-state index contributed by atoms with van der Waals surface area (Å²) in [6, 6.07) is 0.357. The van der Waals surface area contributed by atoms with Gasteiger partial charge < -0.3 is 5.11 Å². The maximum atomic E-state index is 9.16. The SMILES string of the molecule is Cn1cc(CN2CCCC2CO)cn1. The van der Waals surface area contributed by atoms with Crippen LogP contribution in [0.15, 0.2) is 12.4 Å². The monoisotopic (exact) mass is 195 g/mol. The van der Waals surface area contributed by atoms with Crippen LogP contribution in [-0.4, -0.2) is 39.0 Å². The summed E-state index contributed by atoms with van der Waals surface area (Å²) in [5.74, 6) is 0. The highest BCUT2D eigenvalue weighted by molar-refractivity contribution is 5.04. The predicted molar refractivity (Wildman–Crippen MR) is 53.7 cm³/mol. The lowest BCUT2D eigenvalue weighted by molar-refractivity contribution is 0.153. The zero-order valence-electron chi connectivity index (χ0n) is 8.56. The van der Waals surface area contributed by atoms with Crippen LogP contribution in [0.4, 0.5) is 0 Å². The van der Waals surface area contributed by atoms with Gasteiger partial charge in [0.1, 0.15) is 0 Å². The second-order valence-corrected chi connectivity index (χ2v) is 3.97. The Kier molecular flexibility index (Phi) is 2.84. The Balaban J connectivity index is 1.96. The van der Waals surface area contributed by atoms with Crippen LogP contribution >= 0.6 is 0 Å². The second-order valence-electron chi connectivity index (χ2n) is 3.97. The molecule has 14 heavy (non-hydrogen) atoms. The zero-order chi connectivity index (χ0) is 9.97.